The average Bonchev–Trinajstić information content (AvgIpc) is 3.22. The smallest absolute Gasteiger partial charge is 0.271 e. The third kappa shape index (κ3) is 2.94. The van der Waals surface area contributed by atoms with Crippen molar-refractivity contribution in [3.63, 3.8) is 0 Å². The number of anilines is 1. The minimum atomic E-state index is -0.530. The molecule has 0 atom stereocenters. The summed E-state index contributed by atoms with van der Waals surface area (Å²) in [5.41, 5.74) is 0.967. The Bertz CT molecular complexity index is 1130. The van der Waals surface area contributed by atoms with Crippen molar-refractivity contribution in [2.75, 3.05) is 5.32 Å². The maximum Gasteiger partial charge on any atom is 0.271 e. The van der Waals surface area contributed by atoms with Crippen LogP contribution in [0.5, 0.6) is 0 Å². The molecule has 0 aliphatic carbocycles. The number of rotatable bonds is 3. The van der Waals surface area contributed by atoms with E-state index < -0.39 is 11.5 Å². The van der Waals surface area contributed by atoms with Crippen LogP contribution in [0.3, 0.4) is 0 Å². The van der Waals surface area contributed by atoms with Gasteiger partial charge in [0.25, 0.3) is 11.5 Å². The first-order chi connectivity index (χ1) is 12.1. The summed E-state index contributed by atoms with van der Waals surface area (Å²) in [5, 5.41) is 4.85. The van der Waals surface area contributed by atoms with Gasteiger partial charge in [-0.1, -0.05) is 6.07 Å². The summed E-state index contributed by atoms with van der Waals surface area (Å²) in [6.45, 7) is 1.88. The lowest BCUT2D eigenvalue weighted by atomic mass is 10.3. The molecule has 4 aromatic rings. The first-order valence-electron chi connectivity index (χ1n) is 7.28. The van der Waals surface area contributed by atoms with Crippen LogP contribution in [0.2, 0.25) is 0 Å². The third-order valence-corrected chi connectivity index (χ3v) is 5.09. The van der Waals surface area contributed by atoms with Gasteiger partial charge in [-0.3, -0.25) is 24.3 Å². The molecule has 0 radical (unpaired) electrons. The van der Waals surface area contributed by atoms with Gasteiger partial charge in [-0.25, -0.2) is 9.97 Å². The van der Waals surface area contributed by atoms with Crippen molar-refractivity contribution in [3.8, 4) is 11.4 Å². The van der Waals surface area contributed by atoms with E-state index in [1.165, 1.54) is 33.3 Å². The normalized spacial score (nSPS) is 10.9. The predicted molar refractivity (Wildman–Crippen MR) is 97.4 cm³/mol. The summed E-state index contributed by atoms with van der Waals surface area (Å²) in [4.78, 5) is 39.1. The molecule has 124 valence electrons. The van der Waals surface area contributed by atoms with Gasteiger partial charge in [0.05, 0.1) is 5.69 Å². The summed E-state index contributed by atoms with van der Waals surface area (Å²) in [5.74, 6) is -0.530. The van der Waals surface area contributed by atoms with Gasteiger partial charge >= 0.3 is 0 Å². The SMILES string of the molecule is Cc1cn2c(=O)c(C(=O)Nc3nc(-c4ccccn4)cs3)cnc2s1. The molecule has 9 heteroatoms. The van der Waals surface area contributed by atoms with Crippen LogP contribution in [-0.4, -0.2) is 25.3 Å². The van der Waals surface area contributed by atoms with E-state index in [-0.39, 0.29) is 5.56 Å². The van der Waals surface area contributed by atoms with Crippen LogP contribution >= 0.6 is 22.7 Å². The summed E-state index contributed by atoms with van der Waals surface area (Å²) in [7, 11) is 0. The Morgan fingerprint density at radius 2 is 2.12 bits per heavy atom. The number of carbonyl (C=O) groups excluding carboxylic acids is 1. The molecule has 0 spiro atoms. The molecule has 0 aliphatic heterocycles. The second-order valence-electron chi connectivity index (χ2n) is 5.18. The number of hydrogen-bond acceptors (Lipinski definition) is 7. The van der Waals surface area contributed by atoms with Crippen molar-refractivity contribution in [2.24, 2.45) is 0 Å². The van der Waals surface area contributed by atoms with Gasteiger partial charge in [0.15, 0.2) is 10.1 Å². The molecule has 0 aromatic carbocycles. The molecule has 7 nitrogen and oxygen atoms in total. The maximum atomic E-state index is 12.4. The highest BCUT2D eigenvalue weighted by Crippen LogP contribution is 2.23. The van der Waals surface area contributed by atoms with E-state index in [1.807, 2.05) is 25.1 Å². The van der Waals surface area contributed by atoms with Crippen molar-refractivity contribution in [1.29, 1.82) is 0 Å². The molecule has 4 heterocycles. The first kappa shape index (κ1) is 15.6. The lowest BCUT2D eigenvalue weighted by Gasteiger charge is -2.01. The van der Waals surface area contributed by atoms with Crippen LogP contribution in [0.4, 0.5) is 5.13 Å². The number of amides is 1. The molecule has 4 rings (SSSR count). The molecule has 4 aromatic heterocycles. The summed E-state index contributed by atoms with van der Waals surface area (Å²) >= 11 is 2.67. The van der Waals surface area contributed by atoms with Crippen LogP contribution in [0.15, 0.2) is 47.0 Å². The van der Waals surface area contributed by atoms with Gasteiger partial charge in [-0.15, -0.1) is 22.7 Å². The third-order valence-electron chi connectivity index (χ3n) is 3.42. The fraction of sp³-hybridized carbons (Fsp3) is 0.0625. The molecule has 0 bridgehead atoms. The molecule has 0 fully saturated rings. The average molecular weight is 369 g/mol. The number of nitrogens with one attached hydrogen (secondary N) is 1. The highest BCUT2D eigenvalue weighted by molar-refractivity contribution is 7.17. The van der Waals surface area contributed by atoms with Crippen LogP contribution < -0.4 is 10.9 Å². The Kier molecular flexibility index (Phi) is 3.86. The van der Waals surface area contributed by atoms with E-state index in [4.69, 9.17) is 0 Å². The van der Waals surface area contributed by atoms with Crippen LogP contribution in [0, 0.1) is 6.92 Å². The molecular weight excluding hydrogens is 358 g/mol. The van der Waals surface area contributed by atoms with E-state index in [0.717, 1.165) is 10.6 Å². The molecule has 0 unspecified atom stereocenters. The molecule has 1 amide bonds. The molecule has 0 saturated heterocycles. The van der Waals surface area contributed by atoms with Crippen molar-refractivity contribution in [2.45, 2.75) is 6.92 Å². The van der Waals surface area contributed by atoms with E-state index in [9.17, 15) is 9.59 Å². The van der Waals surface area contributed by atoms with Crippen LogP contribution in [0.25, 0.3) is 16.3 Å². The number of aromatic nitrogens is 4. The van der Waals surface area contributed by atoms with Crippen molar-refractivity contribution < 1.29 is 4.79 Å². The first-order valence-corrected chi connectivity index (χ1v) is 8.97. The lowest BCUT2D eigenvalue weighted by Crippen LogP contribution is -2.25. The molecule has 0 aliphatic rings. The number of fused-ring (bicyclic) bond motifs is 1. The monoisotopic (exact) mass is 369 g/mol. The minimum absolute atomic E-state index is 0.0233. The lowest BCUT2D eigenvalue weighted by molar-refractivity contribution is 0.102. The number of aryl methyl sites for hydroxylation is 1. The summed E-state index contributed by atoms with van der Waals surface area (Å²) in [6, 6.07) is 5.52. The topological polar surface area (TPSA) is 89.2 Å². The van der Waals surface area contributed by atoms with Gasteiger partial charge in [0.1, 0.15) is 11.3 Å². The molecule has 1 N–H and O–H groups in total. The van der Waals surface area contributed by atoms with Gasteiger partial charge in [0.2, 0.25) is 0 Å². The largest absolute Gasteiger partial charge is 0.298 e. The Morgan fingerprint density at radius 1 is 1.24 bits per heavy atom. The zero-order chi connectivity index (χ0) is 17.4. The quantitative estimate of drug-likeness (QED) is 0.600. The number of pyridine rings is 1. The molecular formula is C16H11N5O2S2. The zero-order valence-corrected chi connectivity index (χ0v) is 14.6. The van der Waals surface area contributed by atoms with E-state index in [0.29, 0.717) is 15.8 Å². The minimum Gasteiger partial charge on any atom is -0.298 e. The standard InChI is InChI=1S/C16H11N5O2S2/c1-9-7-21-14(23)10(6-18-16(21)25-9)13(22)20-15-19-12(8-24-15)11-4-2-3-5-17-11/h2-8H,1H3,(H,19,20,22). The van der Waals surface area contributed by atoms with Crippen molar-refractivity contribution in [1.82, 2.24) is 19.4 Å². The van der Waals surface area contributed by atoms with Gasteiger partial charge < -0.3 is 0 Å². The number of thiazole rings is 2. The molecule has 0 saturated carbocycles. The molecule has 25 heavy (non-hydrogen) atoms. The van der Waals surface area contributed by atoms with Crippen molar-refractivity contribution in [3.05, 3.63) is 63.0 Å². The van der Waals surface area contributed by atoms with Crippen LogP contribution in [0.1, 0.15) is 15.2 Å². The zero-order valence-electron chi connectivity index (χ0n) is 13.0. The Labute approximate surface area is 149 Å². The highest BCUT2D eigenvalue weighted by Gasteiger charge is 2.16. The Balaban J connectivity index is 1.61. The summed E-state index contributed by atoms with van der Waals surface area (Å²) in [6.07, 6.45) is 4.66. The van der Waals surface area contributed by atoms with Gasteiger partial charge in [-0.05, 0) is 19.1 Å². The van der Waals surface area contributed by atoms with E-state index in [1.54, 1.807) is 17.8 Å². The highest BCUT2D eigenvalue weighted by atomic mass is 32.1. The number of carbonyl (C=O) groups is 1. The Hall–Kier alpha value is -2.91. The second kappa shape index (κ2) is 6.19. The summed E-state index contributed by atoms with van der Waals surface area (Å²) < 4.78 is 1.39. The number of hydrogen-bond donors (Lipinski definition) is 1. The fourth-order valence-corrected chi connectivity index (χ4v) is 3.76. The Morgan fingerprint density at radius 3 is 2.92 bits per heavy atom. The fourth-order valence-electron chi connectivity index (χ4n) is 2.28. The van der Waals surface area contributed by atoms with Crippen molar-refractivity contribution >= 4 is 38.7 Å². The van der Waals surface area contributed by atoms with E-state index in [2.05, 4.69) is 20.3 Å². The number of nitrogens with zero attached hydrogens (tertiary/aromatic N) is 4. The van der Waals surface area contributed by atoms with Gasteiger partial charge in [-0.2, -0.15) is 0 Å². The van der Waals surface area contributed by atoms with E-state index >= 15 is 0 Å². The second-order valence-corrected chi connectivity index (χ2v) is 7.25. The maximum absolute atomic E-state index is 12.4. The van der Waals surface area contributed by atoms with Gasteiger partial charge in [0, 0.05) is 28.8 Å². The predicted octanol–water partition coefficient (Wildman–Crippen LogP) is 2.84. The van der Waals surface area contributed by atoms with Crippen LogP contribution in [-0.2, 0) is 0 Å².